The average Bonchev–Trinajstić information content (AvgIpc) is 3.08. The summed E-state index contributed by atoms with van der Waals surface area (Å²) in [5.74, 6) is 0.912. The van der Waals surface area contributed by atoms with Gasteiger partial charge in [0.15, 0.2) is 0 Å². The number of nitrogens with zero attached hydrogens (tertiary/aromatic N) is 1. The van der Waals surface area contributed by atoms with Crippen molar-refractivity contribution in [2.75, 3.05) is 5.32 Å². The van der Waals surface area contributed by atoms with Crippen molar-refractivity contribution < 1.29 is 9.21 Å². The number of fused-ring (bicyclic) bond motifs is 2. The van der Waals surface area contributed by atoms with Crippen molar-refractivity contribution in [3.8, 4) is 0 Å². The van der Waals surface area contributed by atoms with E-state index < -0.39 is 0 Å². The highest BCUT2D eigenvalue weighted by molar-refractivity contribution is 5.93. The van der Waals surface area contributed by atoms with E-state index in [0.717, 1.165) is 22.0 Å². The van der Waals surface area contributed by atoms with Crippen LogP contribution in [0.25, 0.3) is 22.0 Å². The third-order valence-corrected chi connectivity index (χ3v) is 3.45. The molecule has 0 atom stereocenters. The van der Waals surface area contributed by atoms with E-state index in [4.69, 9.17) is 4.42 Å². The third kappa shape index (κ3) is 2.33. The number of H-pyrrole nitrogens is 1. The first-order chi connectivity index (χ1) is 10.8. The van der Waals surface area contributed by atoms with Crippen molar-refractivity contribution in [2.24, 2.45) is 0 Å². The Balaban J connectivity index is 1.52. The van der Waals surface area contributed by atoms with Gasteiger partial charge >= 0.3 is 0 Å². The highest BCUT2D eigenvalue weighted by atomic mass is 16.4. The fourth-order valence-corrected chi connectivity index (χ4v) is 2.47. The summed E-state index contributed by atoms with van der Waals surface area (Å²) in [5.41, 5.74) is 2.53. The smallest absolute Gasteiger partial charge is 0.234 e. The number of amides is 1. The van der Waals surface area contributed by atoms with E-state index in [1.807, 2.05) is 54.6 Å². The number of aromatic amines is 1. The minimum atomic E-state index is -0.168. The minimum absolute atomic E-state index is 0.168. The van der Waals surface area contributed by atoms with Crippen LogP contribution in [0.2, 0.25) is 0 Å². The summed E-state index contributed by atoms with van der Waals surface area (Å²) in [5, 5.41) is 3.72. The molecule has 0 bridgehead atoms. The highest BCUT2D eigenvalue weighted by Gasteiger charge is 2.11. The number of carbonyl (C=O) groups excluding carboxylic acids is 1. The quantitative estimate of drug-likeness (QED) is 0.607. The Morgan fingerprint density at radius 3 is 2.82 bits per heavy atom. The normalized spacial score (nSPS) is 11.1. The second kappa shape index (κ2) is 5.04. The molecular formula is C17H13N3O2. The standard InChI is InChI=1S/C17H13N3O2/c21-16(10-15-18-12-6-2-3-7-13(12)19-15)20-17-9-11-5-1-4-8-14(11)22-17/h1-9H,10H2,(H,18,19)(H,20,21). The maximum atomic E-state index is 12.1. The highest BCUT2D eigenvalue weighted by Crippen LogP contribution is 2.22. The zero-order chi connectivity index (χ0) is 14.9. The summed E-state index contributed by atoms with van der Waals surface area (Å²) >= 11 is 0. The molecule has 0 radical (unpaired) electrons. The van der Waals surface area contributed by atoms with Gasteiger partial charge in [0.05, 0.1) is 17.5 Å². The molecular weight excluding hydrogens is 278 g/mol. The van der Waals surface area contributed by atoms with Crippen LogP contribution in [0, 0.1) is 0 Å². The molecule has 5 nitrogen and oxygen atoms in total. The Morgan fingerprint density at radius 2 is 1.95 bits per heavy atom. The Morgan fingerprint density at radius 1 is 1.14 bits per heavy atom. The molecule has 22 heavy (non-hydrogen) atoms. The maximum Gasteiger partial charge on any atom is 0.234 e. The number of para-hydroxylation sites is 3. The number of imidazole rings is 1. The molecule has 2 aromatic carbocycles. The van der Waals surface area contributed by atoms with Crippen molar-refractivity contribution in [1.82, 2.24) is 9.97 Å². The van der Waals surface area contributed by atoms with Crippen LogP contribution in [0.4, 0.5) is 5.88 Å². The zero-order valence-corrected chi connectivity index (χ0v) is 11.7. The molecule has 0 aliphatic rings. The summed E-state index contributed by atoms with van der Waals surface area (Å²) in [4.78, 5) is 19.6. The number of hydrogen-bond donors (Lipinski definition) is 2. The van der Waals surface area contributed by atoms with Crippen molar-refractivity contribution in [2.45, 2.75) is 6.42 Å². The van der Waals surface area contributed by atoms with Crippen LogP contribution in [0.5, 0.6) is 0 Å². The fourth-order valence-electron chi connectivity index (χ4n) is 2.47. The number of carbonyl (C=O) groups is 1. The van der Waals surface area contributed by atoms with E-state index in [1.165, 1.54) is 0 Å². The molecule has 2 N–H and O–H groups in total. The third-order valence-electron chi connectivity index (χ3n) is 3.45. The average molecular weight is 291 g/mol. The molecule has 0 fully saturated rings. The van der Waals surface area contributed by atoms with Crippen LogP contribution in [-0.2, 0) is 11.2 Å². The zero-order valence-electron chi connectivity index (χ0n) is 11.7. The first kappa shape index (κ1) is 12.6. The molecule has 5 heteroatoms. The Hall–Kier alpha value is -3.08. The van der Waals surface area contributed by atoms with Crippen LogP contribution >= 0.6 is 0 Å². The second-order valence-electron chi connectivity index (χ2n) is 5.07. The number of anilines is 1. The van der Waals surface area contributed by atoms with E-state index in [0.29, 0.717) is 11.7 Å². The number of benzene rings is 2. The van der Waals surface area contributed by atoms with Gasteiger partial charge in [-0.2, -0.15) is 0 Å². The molecule has 2 aromatic heterocycles. The van der Waals surface area contributed by atoms with Gasteiger partial charge in [0, 0.05) is 11.5 Å². The van der Waals surface area contributed by atoms with Gasteiger partial charge in [-0.3, -0.25) is 10.1 Å². The number of nitrogens with one attached hydrogen (secondary N) is 2. The minimum Gasteiger partial charge on any atom is -0.440 e. The summed E-state index contributed by atoms with van der Waals surface area (Å²) in [6.07, 6.45) is 0.172. The van der Waals surface area contributed by atoms with Crippen LogP contribution in [0.15, 0.2) is 59.0 Å². The molecule has 4 rings (SSSR count). The van der Waals surface area contributed by atoms with Crippen LogP contribution < -0.4 is 5.32 Å². The van der Waals surface area contributed by atoms with Gasteiger partial charge in [0.2, 0.25) is 11.8 Å². The van der Waals surface area contributed by atoms with E-state index in [2.05, 4.69) is 15.3 Å². The summed E-state index contributed by atoms with van der Waals surface area (Å²) in [7, 11) is 0. The SMILES string of the molecule is O=C(Cc1nc2ccccc2[nH]1)Nc1cc2ccccc2o1. The van der Waals surface area contributed by atoms with Gasteiger partial charge in [-0.15, -0.1) is 0 Å². The van der Waals surface area contributed by atoms with Crippen molar-refractivity contribution >= 4 is 33.8 Å². The lowest BCUT2D eigenvalue weighted by atomic mass is 10.3. The molecule has 4 aromatic rings. The first-order valence-corrected chi connectivity index (χ1v) is 7.00. The molecule has 0 spiro atoms. The fraction of sp³-hybridized carbons (Fsp3) is 0.0588. The van der Waals surface area contributed by atoms with Crippen molar-refractivity contribution in [1.29, 1.82) is 0 Å². The summed E-state index contributed by atoms with van der Waals surface area (Å²) < 4.78 is 5.57. The molecule has 0 aliphatic heterocycles. The van der Waals surface area contributed by atoms with E-state index >= 15 is 0 Å². The van der Waals surface area contributed by atoms with Gasteiger partial charge in [-0.25, -0.2) is 4.98 Å². The lowest BCUT2D eigenvalue weighted by Crippen LogP contribution is -2.14. The molecule has 0 saturated carbocycles. The molecule has 108 valence electrons. The van der Waals surface area contributed by atoms with Crippen LogP contribution in [-0.4, -0.2) is 15.9 Å². The van der Waals surface area contributed by atoms with Gasteiger partial charge in [-0.05, 0) is 18.2 Å². The van der Waals surface area contributed by atoms with E-state index in [-0.39, 0.29) is 12.3 Å². The number of rotatable bonds is 3. The topological polar surface area (TPSA) is 70.9 Å². The largest absolute Gasteiger partial charge is 0.440 e. The van der Waals surface area contributed by atoms with Gasteiger partial charge < -0.3 is 9.40 Å². The van der Waals surface area contributed by atoms with E-state index in [9.17, 15) is 4.79 Å². The molecule has 0 unspecified atom stereocenters. The molecule has 0 aliphatic carbocycles. The summed E-state index contributed by atoms with van der Waals surface area (Å²) in [6, 6.07) is 17.1. The number of hydrogen-bond acceptors (Lipinski definition) is 3. The van der Waals surface area contributed by atoms with Gasteiger partial charge in [0.25, 0.3) is 0 Å². The van der Waals surface area contributed by atoms with Crippen molar-refractivity contribution in [3.05, 3.63) is 60.4 Å². The summed E-state index contributed by atoms with van der Waals surface area (Å²) in [6.45, 7) is 0. The van der Waals surface area contributed by atoms with Gasteiger partial charge in [-0.1, -0.05) is 30.3 Å². The maximum absolute atomic E-state index is 12.1. The Bertz CT molecular complexity index is 824. The second-order valence-corrected chi connectivity index (χ2v) is 5.07. The number of aromatic nitrogens is 2. The van der Waals surface area contributed by atoms with Gasteiger partial charge in [0.1, 0.15) is 11.4 Å². The predicted octanol–water partition coefficient (Wildman–Crippen LogP) is 3.49. The Kier molecular flexibility index (Phi) is 2.89. The van der Waals surface area contributed by atoms with E-state index in [1.54, 1.807) is 0 Å². The van der Waals surface area contributed by atoms with Crippen LogP contribution in [0.3, 0.4) is 0 Å². The van der Waals surface area contributed by atoms with Crippen LogP contribution in [0.1, 0.15) is 5.82 Å². The molecule has 2 heterocycles. The Labute approximate surface area is 126 Å². The number of furan rings is 1. The first-order valence-electron chi connectivity index (χ1n) is 7.00. The molecule has 1 amide bonds. The van der Waals surface area contributed by atoms with Crippen molar-refractivity contribution in [3.63, 3.8) is 0 Å². The molecule has 0 saturated heterocycles. The monoisotopic (exact) mass is 291 g/mol. The predicted molar refractivity (Wildman–Crippen MR) is 84.6 cm³/mol. The lowest BCUT2D eigenvalue weighted by Gasteiger charge is -1.99. The lowest BCUT2D eigenvalue weighted by molar-refractivity contribution is -0.115.